The lowest BCUT2D eigenvalue weighted by Crippen LogP contribution is -2.09. The number of fused-ring (bicyclic) bond motifs is 1. The standard InChI is InChI=1S/C22H15ClF3N3/c23-15-7-5-6-14(12-15)13-27-20-17-9-2-4-11-19(17)28-21(29-20)16-8-1-3-10-18(16)22(24,25)26/h1-12H,13H2,(H,27,28,29). The predicted octanol–water partition coefficient (Wildman–Crippen LogP) is 6.58. The molecule has 1 aromatic heterocycles. The summed E-state index contributed by atoms with van der Waals surface area (Å²) in [6, 6.07) is 19.8. The fourth-order valence-corrected chi connectivity index (χ4v) is 3.30. The van der Waals surface area contributed by atoms with Crippen molar-refractivity contribution in [3.05, 3.63) is 88.9 Å². The highest BCUT2D eigenvalue weighted by molar-refractivity contribution is 6.30. The molecule has 0 saturated carbocycles. The third kappa shape index (κ3) is 4.17. The maximum absolute atomic E-state index is 13.5. The molecule has 146 valence electrons. The van der Waals surface area contributed by atoms with Gasteiger partial charge in [0.1, 0.15) is 5.82 Å². The minimum absolute atomic E-state index is 0.0187. The molecule has 0 aliphatic rings. The summed E-state index contributed by atoms with van der Waals surface area (Å²) in [6.45, 7) is 0.419. The summed E-state index contributed by atoms with van der Waals surface area (Å²) in [5, 5.41) is 4.54. The van der Waals surface area contributed by atoms with Crippen LogP contribution in [-0.4, -0.2) is 9.97 Å². The molecule has 0 amide bonds. The Bertz CT molecular complexity index is 1180. The van der Waals surface area contributed by atoms with Crippen molar-refractivity contribution in [1.29, 1.82) is 0 Å². The van der Waals surface area contributed by atoms with E-state index in [0.717, 1.165) is 17.0 Å². The van der Waals surface area contributed by atoms with E-state index in [-0.39, 0.29) is 11.4 Å². The van der Waals surface area contributed by atoms with E-state index in [1.807, 2.05) is 30.3 Å². The van der Waals surface area contributed by atoms with Crippen LogP contribution in [0.1, 0.15) is 11.1 Å². The summed E-state index contributed by atoms with van der Waals surface area (Å²) in [5.74, 6) is 0.479. The summed E-state index contributed by atoms with van der Waals surface area (Å²) in [5.41, 5.74) is 0.660. The van der Waals surface area contributed by atoms with Gasteiger partial charge in [0.2, 0.25) is 0 Å². The molecule has 4 rings (SSSR count). The molecule has 0 aliphatic heterocycles. The molecule has 0 atom stereocenters. The SMILES string of the molecule is FC(F)(F)c1ccccc1-c1nc(NCc2cccc(Cl)c2)c2ccccc2n1. The molecule has 1 N–H and O–H groups in total. The summed E-state index contributed by atoms with van der Waals surface area (Å²) in [7, 11) is 0. The molecule has 3 aromatic carbocycles. The van der Waals surface area contributed by atoms with Crippen molar-refractivity contribution in [2.45, 2.75) is 12.7 Å². The Morgan fingerprint density at radius 2 is 1.62 bits per heavy atom. The van der Waals surface area contributed by atoms with Crippen LogP contribution in [0, 0.1) is 0 Å². The molecule has 7 heteroatoms. The van der Waals surface area contributed by atoms with Crippen molar-refractivity contribution >= 4 is 28.3 Å². The van der Waals surface area contributed by atoms with Gasteiger partial charge in [0.15, 0.2) is 5.82 Å². The van der Waals surface area contributed by atoms with E-state index in [1.165, 1.54) is 12.1 Å². The first kappa shape index (κ1) is 19.2. The number of anilines is 1. The smallest absolute Gasteiger partial charge is 0.365 e. The second-order valence-electron chi connectivity index (χ2n) is 6.44. The third-order valence-electron chi connectivity index (χ3n) is 4.43. The largest absolute Gasteiger partial charge is 0.417 e. The van der Waals surface area contributed by atoms with Crippen LogP contribution < -0.4 is 5.32 Å². The van der Waals surface area contributed by atoms with Crippen LogP contribution in [0.3, 0.4) is 0 Å². The van der Waals surface area contributed by atoms with Gasteiger partial charge >= 0.3 is 6.18 Å². The fraction of sp³-hybridized carbons (Fsp3) is 0.0909. The Morgan fingerprint density at radius 3 is 2.41 bits per heavy atom. The van der Waals surface area contributed by atoms with Gasteiger partial charge in [-0.3, -0.25) is 0 Å². The van der Waals surface area contributed by atoms with Gasteiger partial charge in [0.05, 0.1) is 11.1 Å². The van der Waals surface area contributed by atoms with E-state index in [1.54, 1.807) is 24.3 Å². The van der Waals surface area contributed by atoms with E-state index < -0.39 is 11.7 Å². The van der Waals surface area contributed by atoms with Crippen LogP contribution in [-0.2, 0) is 12.7 Å². The zero-order valence-electron chi connectivity index (χ0n) is 15.0. The molecular weight excluding hydrogens is 399 g/mol. The van der Waals surface area contributed by atoms with Crippen molar-refractivity contribution in [2.24, 2.45) is 0 Å². The van der Waals surface area contributed by atoms with Crippen molar-refractivity contribution in [3.63, 3.8) is 0 Å². The van der Waals surface area contributed by atoms with Crippen molar-refractivity contribution in [1.82, 2.24) is 9.97 Å². The monoisotopic (exact) mass is 413 g/mol. The lowest BCUT2D eigenvalue weighted by Gasteiger charge is -2.14. The van der Waals surface area contributed by atoms with E-state index in [2.05, 4.69) is 15.3 Å². The molecule has 1 heterocycles. The van der Waals surface area contributed by atoms with Gasteiger partial charge in [-0.15, -0.1) is 0 Å². The zero-order chi connectivity index (χ0) is 20.4. The third-order valence-corrected chi connectivity index (χ3v) is 4.66. The van der Waals surface area contributed by atoms with Gasteiger partial charge in [0, 0.05) is 22.5 Å². The van der Waals surface area contributed by atoms with Gasteiger partial charge in [-0.1, -0.05) is 54.1 Å². The number of halogens is 4. The maximum atomic E-state index is 13.5. The van der Waals surface area contributed by atoms with Gasteiger partial charge in [-0.05, 0) is 35.9 Å². The molecule has 3 nitrogen and oxygen atoms in total. The average molecular weight is 414 g/mol. The first-order chi connectivity index (χ1) is 13.9. The van der Waals surface area contributed by atoms with E-state index in [9.17, 15) is 13.2 Å². The maximum Gasteiger partial charge on any atom is 0.417 e. The Hall–Kier alpha value is -3.12. The molecule has 0 spiro atoms. The van der Waals surface area contributed by atoms with Crippen molar-refractivity contribution in [2.75, 3.05) is 5.32 Å². The molecule has 0 unspecified atom stereocenters. The normalized spacial score (nSPS) is 11.6. The first-order valence-electron chi connectivity index (χ1n) is 8.83. The quantitative estimate of drug-likeness (QED) is 0.410. The first-order valence-corrected chi connectivity index (χ1v) is 9.21. The number of nitrogens with one attached hydrogen (secondary N) is 1. The number of benzene rings is 3. The highest BCUT2D eigenvalue weighted by Crippen LogP contribution is 2.36. The highest BCUT2D eigenvalue weighted by Gasteiger charge is 2.34. The Balaban J connectivity index is 1.80. The van der Waals surface area contributed by atoms with Crippen LogP contribution in [0.5, 0.6) is 0 Å². The minimum Gasteiger partial charge on any atom is -0.365 e. The van der Waals surface area contributed by atoms with Crippen LogP contribution >= 0.6 is 11.6 Å². The van der Waals surface area contributed by atoms with Gasteiger partial charge in [0.25, 0.3) is 0 Å². The number of rotatable bonds is 4. The number of hydrogen-bond acceptors (Lipinski definition) is 3. The Labute approximate surface area is 170 Å². The van der Waals surface area contributed by atoms with Crippen molar-refractivity contribution in [3.8, 4) is 11.4 Å². The molecule has 0 bridgehead atoms. The zero-order valence-corrected chi connectivity index (χ0v) is 15.8. The Morgan fingerprint density at radius 1 is 0.862 bits per heavy atom. The van der Waals surface area contributed by atoms with Crippen LogP contribution in [0.25, 0.3) is 22.3 Å². The molecule has 0 fully saturated rings. The lowest BCUT2D eigenvalue weighted by molar-refractivity contribution is -0.137. The van der Waals surface area contributed by atoms with Crippen molar-refractivity contribution < 1.29 is 13.2 Å². The minimum atomic E-state index is -4.50. The average Bonchev–Trinajstić information content (AvgIpc) is 2.71. The van der Waals surface area contributed by atoms with E-state index in [4.69, 9.17) is 11.6 Å². The highest BCUT2D eigenvalue weighted by atomic mass is 35.5. The molecule has 4 aromatic rings. The molecule has 0 saturated heterocycles. The molecule has 0 radical (unpaired) electrons. The van der Waals surface area contributed by atoms with E-state index >= 15 is 0 Å². The lowest BCUT2D eigenvalue weighted by atomic mass is 10.1. The van der Waals surface area contributed by atoms with Gasteiger partial charge in [-0.25, -0.2) is 9.97 Å². The molecular formula is C22H15ClF3N3. The number of nitrogens with zero attached hydrogens (tertiary/aromatic N) is 2. The summed E-state index contributed by atoms with van der Waals surface area (Å²) in [4.78, 5) is 8.80. The summed E-state index contributed by atoms with van der Waals surface area (Å²) < 4.78 is 40.4. The van der Waals surface area contributed by atoms with Crippen LogP contribution in [0.2, 0.25) is 5.02 Å². The number of hydrogen-bond donors (Lipinski definition) is 1. The summed E-state index contributed by atoms with van der Waals surface area (Å²) >= 11 is 6.03. The van der Waals surface area contributed by atoms with Gasteiger partial charge in [-0.2, -0.15) is 13.2 Å². The van der Waals surface area contributed by atoms with Gasteiger partial charge < -0.3 is 5.32 Å². The second-order valence-corrected chi connectivity index (χ2v) is 6.88. The number of aromatic nitrogens is 2. The van der Waals surface area contributed by atoms with E-state index in [0.29, 0.717) is 22.9 Å². The topological polar surface area (TPSA) is 37.8 Å². The number of alkyl halides is 3. The fourth-order valence-electron chi connectivity index (χ4n) is 3.09. The summed E-state index contributed by atoms with van der Waals surface area (Å²) in [6.07, 6.45) is -4.50. The molecule has 0 aliphatic carbocycles. The number of para-hydroxylation sites is 1. The van der Waals surface area contributed by atoms with Crippen LogP contribution in [0.15, 0.2) is 72.8 Å². The predicted molar refractivity (Wildman–Crippen MR) is 109 cm³/mol. The molecule has 29 heavy (non-hydrogen) atoms. The van der Waals surface area contributed by atoms with Crippen LogP contribution in [0.4, 0.5) is 19.0 Å². The second kappa shape index (κ2) is 7.72. The Kier molecular flexibility index (Phi) is 5.11.